The first-order valence-electron chi connectivity index (χ1n) is 14.3. The molecule has 0 fully saturated rings. The monoisotopic (exact) mass is 468 g/mol. The first-order chi connectivity index (χ1) is 16.0. The van der Waals surface area contributed by atoms with Crippen molar-refractivity contribution < 1.29 is 19.1 Å². The van der Waals surface area contributed by atoms with Gasteiger partial charge in [-0.3, -0.25) is 9.59 Å². The second-order valence-corrected chi connectivity index (χ2v) is 10.3. The molecule has 0 aliphatic heterocycles. The van der Waals surface area contributed by atoms with Gasteiger partial charge in [-0.1, -0.05) is 129 Å². The maximum absolute atomic E-state index is 12.3. The Labute approximate surface area is 206 Å². The van der Waals surface area contributed by atoms with Crippen molar-refractivity contribution in [3.05, 3.63) is 0 Å². The Balaban J connectivity index is 3.63. The Hall–Kier alpha value is -1.06. The van der Waals surface area contributed by atoms with E-state index in [2.05, 4.69) is 13.8 Å². The zero-order valence-electron chi connectivity index (χ0n) is 22.7. The highest BCUT2D eigenvalue weighted by atomic mass is 16.6. The van der Waals surface area contributed by atoms with Crippen LogP contribution >= 0.6 is 0 Å². The average Bonchev–Trinajstić information content (AvgIpc) is 2.80. The van der Waals surface area contributed by atoms with Crippen LogP contribution in [0, 0.1) is 5.41 Å². The van der Waals surface area contributed by atoms with E-state index in [1.54, 1.807) is 13.8 Å². The fourth-order valence-electron chi connectivity index (χ4n) is 3.95. The number of rotatable bonds is 24. The van der Waals surface area contributed by atoms with Gasteiger partial charge in [-0.05, 0) is 26.7 Å². The van der Waals surface area contributed by atoms with Crippen LogP contribution in [0.15, 0.2) is 0 Å². The molecule has 0 rings (SSSR count). The predicted octanol–water partition coefficient (Wildman–Crippen LogP) is 8.94. The van der Waals surface area contributed by atoms with Crippen LogP contribution in [0.2, 0.25) is 0 Å². The number of hydrogen-bond donors (Lipinski definition) is 0. The fourth-order valence-corrected chi connectivity index (χ4v) is 3.95. The molecule has 0 saturated heterocycles. The predicted molar refractivity (Wildman–Crippen MR) is 139 cm³/mol. The van der Waals surface area contributed by atoms with E-state index in [1.807, 2.05) is 0 Å². The lowest BCUT2D eigenvalue weighted by molar-refractivity contribution is -0.169. The van der Waals surface area contributed by atoms with Crippen LogP contribution in [-0.2, 0) is 19.1 Å². The molecule has 0 aliphatic carbocycles. The molecule has 196 valence electrons. The van der Waals surface area contributed by atoms with E-state index in [0.29, 0.717) is 13.2 Å². The second kappa shape index (κ2) is 22.7. The lowest BCUT2D eigenvalue weighted by atomic mass is 9.94. The quantitative estimate of drug-likeness (QED) is 0.0805. The van der Waals surface area contributed by atoms with Crippen molar-refractivity contribution in [2.24, 2.45) is 5.41 Å². The molecule has 0 unspecified atom stereocenters. The van der Waals surface area contributed by atoms with Crippen LogP contribution < -0.4 is 0 Å². The van der Waals surface area contributed by atoms with Crippen LogP contribution in [0.5, 0.6) is 0 Å². The third-order valence-corrected chi connectivity index (χ3v) is 6.48. The highest BCUT2D eigenvalue weighted by molar-refractivity contribution is 5.99. The summed E-state index contributed by atoms with van der Waals surface area (Å²) >= 11 is 0. The zero-order chi connectivity index (χ0) is 24.6. The summed E-state index contributed by atoms with van der Waals surface area (Å²) in [5, 5.41) is 0. The van der Waals surface area contributed by atoms with Gasteiger partial charge in [0, 0.05) is 0 Å². The summed E-state index contributed by atoms with van der Waals surface area (Å²) in [5.41, 5.74) is -1.22. The normalized spacial score (nSPS) is 11.5. The smallest absolute Gasteiger partial charge is 0.322 e. The Kier molecular flexibility index (Phi) is 22.0. The van der Waals surface area contributed by atoms with Gasteiger partial charge >= 0.3 is 11.9 Å². The van der Waals surface area contributed by atoms with Crippen molar-refractivity contribution in [3.63, 3.8) is 0 Å². The van der Waals surface area contributed by atoms with Crippen LogP contribution in [-0.4, -0.2) is 25.2 Å². The summed E-state index contributed by atoms with van der Waals surface area (Å²) in [7, 11) is 0. The van der Waals surface area contributed by atoms with E-state index in [-0.39, 0.29) is 0 Å². The number of hydrogen-bond acceptors (Lipinski definition) is 4. The van der Waals surface area contributed by atoms with Crippen molar-refractivity contribution in [2.45, 2.75) is 156 Å². The fraction of sp³-hybridized carbons (Fsp3) is 0.931. The number of unbranched alkanes of at least 4 members (excludes halogenated alkanes) is 18. The maximum Gasteiger partial charge on any atom is 0.322 e. The van der Waals surface area contributed by atoms with E-state index in [1.165, 1.54) is 103 Å². The molecule has 0 amide bonds. The molecule has 0 aromatic rings. The molecule has 0 atom stereocenters. The molecule has 4 nitrogen and oxygen atoms in total. The summed E-state index contributed by atoms with van der Waals surface area (Å²) in [5.74, 6) is -0.934. The van der Waals surface area contributed by atoms with E-state index in [4.69, 9.17) is 9.47 Å². The van der Waals surface area contributed by atoms with Gasteiger partial charge in [-0.25, -0.2) is 0 Å². The van der Waals surface area contributed by atoms with Gasteiger partial charge in [0.25, 0.3) is 0 Å². The van der Waals surface area contributed by atoms with Crippen LogP contribution in [0.1, 0.15) is 156 Å². The summed E-state index contributed by atoms with van der Waals surface area (Å²) in [6.07, 6.45) is 24.9. The van der Waals surface area contributed by atoms with E-state index in [0.717, 1.165) is 25.7 Å². The number of esters is 2. The Morgan fingerprint density at radius 1 is 0.455 bits per heavy atom. The van der Waals surface area contributed by atoms with Gasteiger partial charge in [0.1, 0.15) is 0 Å². The zero-order valence-corrected chi connectivity index (χ0v) is 22.7. The molecule has 0 aromatic carbocycles. The van der Waals surface area contributed by atoms with Gasteiger partial charge < -0.3 is 9.47 Å². The number of carbonyl (C=O) groups excluding carboxylic acids is 2. The Morgan fingerprint density at radius 2 is 0.697 bits per heavy atom. The lowest BCUT2D eigenvalue weighted by Crippen LogP contribution is -2.37. The van der Waals surface area contributed by atoms with E-state index in [9.17, 15) is 9.59 Å². The molecule has 0 saturated carbocycles. The van der Waals surface area contributed by atoms with Crippen molar-refractivity contribution >= 4 is 11.9 Å². The minimum absolute atomic E-state index is 0.392. The van der Waals surface area contributed by atoms with Crippen LogP contribution in [0.4, 0.5) is 0 Å². The first kappa shape index (κ1) is 31.9. The lowest BCUT2D eigenvalue weighted by Gasteiger charge is -2.20. The topological polar surface area (TPSA) is 52.6 Å². The minimum Gasteiger partial charge on any atom is -0.465 e. The van der Waals surface area contributed by atoms with E-state index >= 15 is 0 Å². The van der Waals surface area contributed by atoms with Gasteiger partial charge in [0.15, 0.2) is 5.41 Å². The van der Waals surface area contributed by atoms with E-state index < -0.39 is 17.4 Å². The molecule has 0 N–H and O–H groups in total. The van der Waals surface area contributed by atoms with Crippen molar-refractivity contribution in [1.29, 1.82) is 0 Å². The molecule has 0 aliphatic rings. The van der Waals surface area contributed by atoms with Gasteiger partial charge in [0.05, 0.1) is 13.2 Å². The Bertz CT molecular complexity index is 459. The molecule has 4 heteroatoms. The second-order valence-electron chi connectivity index (χ2n) is 10.3. The molecular formula is C29H56O4. The standard InChI is InChI=1S/C29H56O4/c1-5-7-9-11-13-15-16-17-18-20-22-24-26-33-28(31)29(3,4)27(30)32-25-23-21-19-14-12-10-8-6-2/h5-26H2,1-4H3. The minimum atomic E-state index is -1.22. The maximum atomic E-state index is 12.3. The van der Waals surface area contributed by atoms with Crippen molar-refractivity contribution in [1.82, 2.24) is 0 Å². The molecule has 33 heavy (non-hydrogen) atoms. The number of carbonyl (C=O) groups is 2. The highest BCUT2D eigenvalue weighted by Crippen LogP contribution is 2.21. The van der Waals surface area contributed by atoms with Crippen molar-refractivity contribution in [2.75, 3.05) is 13.2 Å². The molecule has 0 radical (unpaired) electrons. The molecular weight excluding hydrogens is 412 g/mol. The van der Waals surface area contributed by atoms with Crippen molar-refractivity contribution in [3.8, 4) is 0 Å². The average molecular weight is 469 g/mol. The third-order valence-electron chi connectivity index (χ3n) is 6.48. The molecule has 0 heterocycles. The van der Waals surface area contributed by atoms with Crippen LogP contribution in [0.3, 0.4) is 0 Å². The number of ether oxygens (including phenoxy) is 2. The third kappa shape index (κ3) is 19.0. The molecule has 0 bridgehead atoms. The molecule has 0 spiro atoms. The largest absolute Gasteiger partial charge is 0.465 e. The summed E-state index contributed by atoms with van der Waals surface area (Å²) in [6.45, 7) is 8.48. The van der Waals surface area contributed by atoms with Gasteiger partial charge in [-0.15, -0.1) is 0 Å². The first-order valence-corrected chi connectivity index (χ1v) is 14.3. The van der Waals surface area contributed by atoms with Gasteiger partial charge in [-0.2, -0.15) is 0 Å². The van der Waals surface area contributed by atoms with Gasteiger partial charge in [0.2, 0.25) is 0 Å². The molecule has 0 aromatic heterocycles. The summed E-state index contributed by atoms with van der Waals surface area (Å²) in [4.78, 5) is 24.7. The summed E-state index contributed by atoms with van der Waals surface area (Å²) in [6, 6.07) is 0. The Morgan fingerprint density at radius 3 is 0.970 bits per heavy atom. The van der Waals surface area contributed by atoms with Crippen LogP contribution in [0.25, 0.3) is 0 Å². The summed E-state index contributed by atoms with van der Waals surface area (Å²) < 4.78 is 10.7. The highest BCUT2D eigenvalue weighted by Gasteiger charge is 2.39. The SMILES string of the molecule is CCCCCCCCCCCCCCOC(=O)C(C)(C)C(=O)OCCCCCCCCCC.